The minimum Gasteiger partial charge on any atom is -0.327 e. The van der Waals surface area contributed by atoms with Crippen LogP contribution in [0, 0.1) is 0 Å². The van der Waals surface area contributed by atoms with Crippen molar-refractivity contribution in [1.82, 2.24) is 0 Å². The number of hydrogen-bond acceptors (Lipinski definition) is 2. The Morgan fingerprint density at radius 2 is 1.37 bits per heavy atom. The molecule has 3 heteroatoms. The maximum atomic E-state index is 6.28. The molecule has 2 unspecified atom stereocenters. The average Bonchev–Trinajstić information content (AvgIpc) is 2.76. The van der Waals surface area contributed by atoms with Crippen molar-refractivity contribution in [3.63, 3.8) is 0 Å². The Morgan fingerprint density at radius 3 is 1.74 bits per heavy atom. The lowest BCUT2D eigenvalue weighted by atomic mass is 9.82. The molecule has 98 valence electrons. The van der Waals surface area contributed by atoms with Gasteiger partial charge >= 0.3 is 0 Å². The minimum absolute atomic E-state index is 0.00779. The van der Waals surface area contributed by atoms with Crippen molar-refractivity contribution in [2.45, 2.75) is 18.6 Å². The molecule has 0 radical (unpaired) electrons. The SMILES string of the molecule is CC1OP(C)OC1(c1ccccc1)c1ccccc1. The molecule has 0 saturated carbocycles. The van der Waals surface area contributed by atoms with E-state index in [0.717, 1.165) is 11.1 Å². The molecule has 1 heterocycles. The van der Waals surface area contributed by atoms with Crippen molar-refractivity contribution in [3.05, 3.63) is 71.8 Å². The van der Waals surface area contributed by atoms with E-state index in [2.05, 4.69) is 31.2 Å². The summed E-state index contributed by atoms with van der Waals surface area (Å²) in [6.07, 6.45) is 0.00779. The zero-order valence-electron chi connectivity index (χ0n) is 11.1. The van der Waals surface area contributed by atoms with Crippen LogP contribution in [0.3, 0.4) is 0 Å². The van der Waals surface area contributed by atoms with Gasteiger partial charge < -0.3 is 9.05 Å². The van der Waals surface area contributed by atoms with Crippen molar-refractivity contribution < 1.29 is 9.05 Å². The van der Waals surface area contributed by atoms with Gasteiger partial charge in [0, 0.05) is 6.66 Å². The quantitative estimate of drug-likeness (QED) is 0.758. The van der Waals surface area contributed by atoms with Crippen LogP contribution < -0.4 is 0 Å². The first-order chi connectivity index (χ1) is 9.23. The van der Waals surface area contributed by atoms with Gasteiger partial charge in [0.1, 0.15) is 0 Å². The molecule has 2 aromatic rings. The van der Waals surface area contributed by atoms with Gasteiger partial charge in [-0.15, -0.1) is 0 Å². The van der Waals surface area contributed by atoms with Crippen LogP contribution in [-0.2, 0) is 14.6 Å². The molecule has 2 aromatic carbocycles. The Kier molecular flexibility index (Phi) is 3.40. The summed E-state index contributed by atoms with van der Waals surface area (Å²) in [5.74, 6) is 0. The van der Waals surface area contributed by atoms with Crippen molar-refractivity contribution >= 4 is 8.38 Å². The first-order valence-corrected chi connectivity index (χ1v) is 8.06. The molecule has 0 aliphatic carbocycles. The Bertz CT molecular complexity index is 502. The lowest BCUT2D eigenvalue weighted by Gasteiger charge is -2.31. The highest BCUT2D eigenvalue weighted by Crippen LogP contribution is 2.57. The maximum absolute atomic E-state index is 6.28. The smallest absolute Gasteiger partial charge is 0.168 e. The fraction of sp³-hybridized carbons (Fsp3) is 0.250. The predicted molar refractivity (Wildman–Crippen MR) is 78.1 cm³/mol. The van der Waals surface area contributed by atoms with Gasteiger partial charge in [0.15, 0.2) is 14.0 Å². The van der Waals surface area contributed by atoms with Gasteiger partial charge in [-0.3, -0.25) is 0 Å². The van der Waals surface area contributed by atoms with Crippen LogP contribution in [0.15, 0.2) is 60.7 Å². The Labute approximate surface area is 115 Å². The third kappa shape index (κ3) is 2.10. The minimum atomic E-state index is -0.839. The Hall–Kier alpha value is -1.21. The van der Waals surface area contributed by atoms with Crippen molar-refractivity contribution in [3.8, 4) is 0 Å². The van der Waals surface area contributed by atoms with Crippen molar-refractivity contribution in [2.75, 3.05) is 6.66 Å². The second-order valence-corrected chi connectivity index (χ2v) is 6.02. The van der Waals surface area contributed by atoms with E-state index in [1.165, 1.54) is 0 Å². The summed E-state index contributed by atoms with van der Waals surface area (Å²) in [6, 6.07) is 20.7. The van der Waals surface area contributed by atoms with Gasteiger partial charge in [0.05, 0.1) is 6.10 Å². The summed E-state index contributed by atoms with van der Waals surface area (Å²) in [6.45, 7) is 4.10. The van der Waals surface area contributed by atoms with Gasteiger partial charge in [0.25, 0.3) is 0 Å². The second-order valence-electron chi connectivity index (χ2n) is 4.75. The predicted octanol–water partition coefficient (Wildman–Crippen LogP) is 4.31. The van der Waals surface area contributed by atoms with E-state index in [0.29, 0.717) is 0 Å². The van der Waals surface area contributed by atoms with Gasteiger partial charge in [-0.25, -0.2) is 0 Å². The second kappa shape index (κ2) is 5.05. The van der Waals surface area contributed by atoms with Crippen LogP contribution in [0.4, 0.5) is 0 Å². The van der Waals surface area contributed by atoms with E-state index in [-0.39, 0.29) is 6.10 Å². The van der Waals surface area contributed by atoms with E-state index < -0.39 is 14.0 Å². The molecule has 1 aliphatic rings. The monoisotopic (exact) mass is 272 g/mol. The van der Waals surface area contributed by atoms with E-state index >= 15 is 0 Å². The Balaban J connectivity index is 2.17. The molecule has 2 nitrogen and oxygen atoms in total. The third-order valence-electron chi connectivity index (χ3n) is 3.56. The molecule has 0 amide bonds. The molecule has 3 rings (SSSR count). The fourth-order valence-corrected chi connectivity index (χ4v) is 4.11. The summed E-state index contributed by atoms with van der Waals surface area (Å²) in [7, 11) is -0.839. The van der Waals surface area contributed by atoms with Gasteiger partial charge in [-0.1, -0.05) is 60.7 Å². The lowest BCUT2D eigenvalue weighted by Crippen LogP contribution is -2.36. The largest absolute Gasteiger partial charge is 0.327 e. The molecule has 2 atom stereocenters. The Morgan fingerprint density at radius 1 is 0.895 bits per heavy atom. The summed E-state index contributed by atoms with van der Waals surface area (Å²) in [5.41, 5.74) is 1.82. The normalized spacial score (nSPS) is 25.4. The summed E-state index contributed by atoms with van der Waals surface area (Å²) in [4.78, 5) is 0. The summed E-state index contributed by atoms with van der Waals surface area (Å²) < 4.78 is 12.2. The van der Waals surface area contributed by atoms with Crippen molar-refractivity contribution in [1.29, 1.82) is 0 Å². The fourth-order valence-electron chi connectivity index (χ4n) is 2.71. The molecule has 1 fully saturated rings. The molecule has 19 heavy (non-hydrogen) atoms. The number of rotatable bonds is 2. The van der Waals surface area contributed by atoms with Crippen LogP contribution in [0.25, 0.3) is 0 Å². The molecule has 1 aliphatic heterocycles. The molecule has 1 saturated heterocycles. The molecular weight excluding hydrogens is 255 g/mol. The highest BCUT2D eigenvalue weighted by Gasteiger charge is 2.49. The lowest BCUT2D eigenvalue weighted by molar-refractivity contribution is 0.0858. The highest BCUT2D eigenvalue weighted by molar-refractivity contribution is 7.46. The van der Waals surface area contributed by atoms with Crippen LogP contribution in [-0.4, -0.2) is 12.8 Å². The zero-order valence-corrected chi connectivity index (χ0v) is 12.0. The van der Waals surface area contributed by atoms with Gasteiger partial charge in [0.2, 0.25) is 0 Å². The van der Waals surface area contributed by atoms with Crippen LogP contribution in [0.1, 0.15) is 18.1 Å². The van der Waals surface area contributed by atoms with Crippen LogP contribution in [0.2, 0.25) is 0 Å². The van der Waals surface area contributed by atoms with E-state index in [1.807, 2.05) is 43.1 Å². The van der Waals surface area contributed by atoms with Crippen LogP contribution in [0.5, 0.6) is 0 Å². The topological polar surface area (TPSA) is 18.5 Å². The highest BCUT2D eigenvalue weighted by atomic mass is 31.2. The molecule has 0 aromatic heterocycles. The number of benzene rings is 2. The van der Waals surface area contributed by atoms with Gasteiger partial charge in [-0.2, -0.15) is 0 Å². The first kappa shape index (κ1) is 12.8. The van der Waals surface area contributed by atoms with Crippen LogP contribution >= 0.6 is 8.38 Å². The molecular formula is C16H17O2P. The molecule has 0 bridgehead atoms. The molecule has 0 spiro atoms. The van der Waals surface area contributed by atoms with Gasteiger partial charge in [-0.05, 0) is 18.1 Å². The third-order valence-corrected chi connectivity index (χ3v) is 4.72. The van der Waals surface area contributed by atoms with E-state index in [4.69, 9.17) is 9.05 Å². The van der Waals surface area contributed by atoms with E-state index in [1.54, 1.807) is 0 Å². The first-order valence-electron chi connectivity index (χ1n) is 6.44. The standard InChI is InChI=1S/C16H17O2P/c1-13-16(18-19(2)17-13,14-9-5-3-6-10-14)15-11-7-4-8-12-15/h3-13H,1-2H3. The van der Waals surface area contributed by atoms with E-state index in [9.17, 15) is 0 Å². The average molecular weight is 272 g/mol. The van der Waals surface area contributed by atoms with Crippen molar-refractivity contribution in [2.24, 2.45) is 0 Å². The maximum Gasteiger partial charge on any atom is 0.168 e. The molecule has 0 N–H and O–H groups in total. The summed E-state index contributed by atoms with van der Waals surface area (Å²) >= 11 is 0. The number of hydrogen-bond donors (Lipinski definition) is 0. The zero-order chi connectivity index (χ0) is 13.3. The summed E-state index contributed by atoms with van der Waals surface area (Å²) in [5, 5.41) is 0.